The minimum atomic E-state index is 0.0658. The van der Waals surface area contributed by atoms with E-state index in [1.807, 2.05) is 25.1 Å². The van der Waals surface area contributed by atoms with Crippen molar-refractivity contribution in [1.82, 2.24) is 0 Å². The molecular formula is C16H21NO3. The van der Waals surface area contributed by atoms with Crippen LogP contribution in [-0.4, -0.2) is 31.4 Å². The second kappa shape index (κ2) is 6.66. The third-order valence-corrected chi connectivity index (χ3v) is 3.75. The van der Waals surface area contributed by atoms with E-state index in [2.05, 4.69) is 0 Å². The van der Waals surface area contributed by atoms with E-state index in [1.165, 1.54) is 0 Å². The summed E-state index contributed by atoms with van der Waals surface area (Å²) in [7, 11) is 1.65. The fourth-order valence-electron chi connectivity index (χ4n) is 2.44. The average Bonchev–Trinajstić information content (AvgIpc) is 2.64. The van der Waals surface area contributed by atoms with Crippen LogP contribution in [0.5, 0.6) is 0 Å². The highest BCUT2D eigenvalue weighted by Crippen LogP contribution is 2.27. The predicted octanol–water partition coefficient (Wildman–Crippen LogP) is 2.81. The summed E-state index contributed by atoms with van der Waals surface area (Å²) < 4.78 is 5.17. The highest BCUT2D eigenvalue weighted by molar-refractivity contribution is 6.06. The molecule has 1 amide bonds. The van der Waals surface area contributed by atoms with Crippen LogP contribution in [-0.2, 0) is 9.53 Å². The Bertz CT molecular complexity index is 498. The third-order valence-electron chi connectivity index (χ3n) is 3.75. The number of methoxy groups -OCH3 is 1. The van der Waals surface area contributed by atoms with Gasteiger partial charge in [-0.2, -0.15) is 0 Å². The van der Waals surface area contributed by atoms with Gasteiger partial charge in [-0.15, -0.1) is 0 Å². The van der Waals surface area contributed by atoms with Gasteiger partial charge in [-0.1, -0.05) is 12.1 Å². The summed E-state index contributed by atoms with van der Waals surface area (Å²) >= 11 is 0. The van der Waals surface area contributed by atoms with Gasteiger partial charge < -0.3 is 9.64 Å². The molecule has 0 saturated heterocycles. The molecule has 2 rings (SSSR count). The first-order valence-electron chi connectivity index (χ1n) is 7.09. The minimum absolute atomic E-state index is 0.0658. The number of nitrogens with zero attached hydrogens (tertiary/aromatic N) is 1. The Balaban J connectivity index is 2.17. The number of Topliss-reactive ketones (excluding diaryl/α,β-unsaturated/α-hetero) is 1. The summed E-state index contributed by atoms with van der Waals surface area (Å²) in [6.07, 6.45) is 2.44. The van der Waals surface area contributed by atoms with Crippen LogP contribution >= 0.6 is 0 Å². The van der Waals surface area contributed by atoms with E-state index in [0.717, 1.165) is 12.1 Å². The summed E-state index contributed by atoms with van der Waals surface area (Å²) in [6.45, 7) is 2.57. The van der Waals surface area contributed by atoms with Gasteiger partial charge in [0.05, 0.1) is 11.8 Å². The number of hydrogen-bond acceptors (Lipinski definition) is 3. The van der Waals surface area contributed by atoms with Crippen molar-refractivity contribution in [2.24, 2.45) is 0 Å². The van der Waals surface area contributed by atoms with Gasteiger partial charge in [-0.25, -0.2) is 0 Å². The van der Waals surface area contributed by atoms with Crippen molar-refractivity contribution < 1.29 is 14.3 Å². The standard InChI is InChI=1S/C16H21NO3/c1-12(20-2)9-10-16(19)17-11-5-8-15(18)13-6-3-4-7-14(13)17/h3-4,6-7,12H,5,8-11H2,1-2H3. The number of rotatable bonds is 4. The van der Waals surface area contributed by atoms with Crippen LogP contribution in [0.25, 0.3) is 0 Å². The van der Waals surface area contributed by atoms with Crippen molar-refractivity contribution in [3.63, 3.8) is 0 Å². The van der Waals surface area contributed by atoms with Gasteiger partial charge in [0.1, 0.15) is 0 Å². The van der Waals surface area contributed by atoms with Gasteiger partial charge in [0, 0.05) is 32.1 Å². The van der Waals surface area contributed by atoms with Crippen molar-refractivity contribution >= 4 is 17.4 Å². The fraction of sp³-hybridized carbons (Fsp3) is 0.500. The molecule has 20 heavy (non-hydrogen) atoms. The van der Waals surface area contributed by atoms with E-state index in [1.54, 1.807) is 18.1 Å². The maximum atomic E-state index is 12.4. The number of ketones is 1. The summed E-state index contributed by atoms with van der Waals surface area (Å²) in [5.74, 6) is 0.192. The average molecular weight is 275 g/mol. The molecule has 1 aliphatic rings. The van der Waals surface area contributed by atoms with Crippen LogP contribution < -0.4 is 4.90 Å². The zero-order chi connectivity index (χ0) is 14.5. The molecule has 0 N–H and O–H groups in total. The highest BCUT2D eigenvalue weighted by Gasteiger charge is 2.24. The van der Waals surface area contributed by atoms with E-state index < -0.39 is 0 Å². The van der Waals surface area contributed by atoms with Crippen molar-refractivity contribution in [2.75, 3.05) is 18.6 Å². The highest BCUT2D eigenvalue weighted by atomic mass is 16.5. The molecule has 108 valence electrons. The predicted molar refractivity (Wildman–Crippen MR) is 78.1 cm³/mol. The van der Waals surface area contributed by atoms with Gasteiger partial charge in [0.25, 0.3) is 0 Å². The number of benzene rings is 1. The number of para-hydroxylation sites is 1. The molecule has 0 spiro atoms. The van der Waals surface area contributed by atoms with Gasteiger partial charge in [-0.3, -0.25) is 9.59 Å². The maximum absolute atomic E-state index is 12.4. The largest absolute Gasteiger partial charge is 0.382 e. The Kier molecular flexibility index (Phi) is 4.90. The van der Waals surface area contributed by atoms with E-state index in [0.29, 0.717) is 31.4 Å². The van der Waals surface area contributed by atoms with Gasteiger partial charge in [0.15, 0.2) is 5.78 Å². The molecule has 0 bridgehead atoms. The number of carbonyl (C=O) groups excluding carboxylic acids is 2. The molecular weight excluding hydrogens is 254 g/mol. The van der Waals surface area contributed by atoms with E-state index in [9.17, 15) is 9.59 Å². The summed E-state index contributed by atoms with van der Waals surface area (Å²) in [5.41, 5.74) is 1.42. The molecule has 1 unspecified atom stereocenters. The van der Waals surface area contributed by atoms with E-state index in [-0.39, 0.29) is 17.8 Å². The first-order chi connectivity index (χ1) is 9.63. The van der Waals surface area contributed by atoms with Crippen LogP contribution in [0.3, 0.4) is 0 Å². The summed E-state index contributed by atoms with van der Waals surface area (Å²) in [5, 5.41) is 0. The zero-order valence-electron chi connectivity index (χ0n) is 12.1. The summed E-state index contributed by atoms with van der Waals surface area (Å²) in [6, 6.07) is 7.38. The van der Waals surface area contributed by atoms with Crippen LogP contribution in [0.4, 0.5) is 5.69 Å². The molecule has 1 aromatic carbocycles. The molecule has 4 nitrogen and oxygen atoms in total. The molecule has 1 atom stereocenters. The normalized spacial score (nSPS) is 16.5. The molecule has 1 aromatic rings. The van der Waals surface area contributed by atoms with Crippen molar-refractivity contribution in [3.05, 3.63) is 29.8 Å². The second-order valence-electron chi connectivity index (χ2n) is 5.17. The molecule has 0 fully saturated rings. The fourth-order valence-corrected chi connectivity index (χ4v) is 2.44. The Labute approximate surface area is 119 Å². The van der Waals surface area contributed by atoms with E-state index in [4.69, 9.17) is 4.74 Å². The Hall–Kier alpha value is -1.68. The Morgan fingerprint density at radius 2 is 2.15 bits per heavy atom. The van der Waals surface area contributed by atoms with Crippen molar-refractivity contribution in [1.29, 1.82) is 0 Å². The lowest BCUT2D eigenvalue weighted by Crippen LogP contribution is -2.32. The lowest BCUT2D eigenvalue weighted by atomic mass is 10.1. The van der Waals surface area contributed by atoms with Crippen LogP contribution in [0, 0.1) is 0 Å². The molecule has 0 aliphatic carbocycles. The van der Waals surface area contributed by atoms with Crippen molar-refractivity contribution in [2.45, 2.75) is 38.7 Å². The van der Waals surface area contributed by atoms with Crippen LogP contribution in [0.2, 0.25) is 0 Å². The third kappa shape index (κ3) is 3.25. The zero-order valence-corrected chi connectivity index (χ0v) is 12.1. The number of ether oxygens (including phenoxy) is 1. The molecule has 0 aromatic heterocycles. The number of anilines is 1. The first kappa shape index (κ1) is 14.7. The Morgan fingerprint density at radius 1 is 1.40 bits per heavy atom. The smallest absolute Gasteiger partial charge is 0.227 e. The van der Waals surface area contributed by atoms with Gasteiger partial charge >= 0.3 is 0 Å². The van der Waals surface area contributed by atoms with Gasteiger partial charge in [0.2, 0.25) is 5.91 Å². The monoisotopic (exact) mass is 275 g/mol. The Morgan fingerprint density at radius 3 is 2.90 bits per heavy atom. The molecule has 0 saturated carbocycles. The SMILES string of the molecule is COC(C)CCC(=O)N1CCCC(=O)c2ccccc21. The number of carbonyl (C=O) groups is 2. The summed E-state index contributed by atoms with van der Waals surface area (Å²) in [4.78, 5) is 26.2. The number of hydrogen-bond donors (Lipinski definition) is 0. The molecule has 4 heteroatoms. The molecule has 1 heterocycles. The topological polar surface area (TPSA) is 46.6 Å². The second-order valence-corrected chi connectivity index (χ2v) is 5.17. The quantitative estimate of drug-likeness (QED) is 0.849. The van der Waals surface area contributed by atoms with Crippen LogP contribution in [0.15, 0.2) is 24.3 Å². The lowest BCUT2D eigenvalue weighted by molar-refractivity contribution is -0.119. The molecule has 0 radical (unpaired) electrons. The maximum Gasteiger partial charge on any atom is 0.227 e. The molecule has 1 aliphatic heterocycles. The van der Waals surface area contributed by atoms with Crippen LogP contribution in [0.1, 0.15) is 43.0 Å². The number of amides is 1. The van der Waals surface area contributed by atoms with Crippen molar-refractivity contribution in [3.8, 4) is 0 Å². The lowest BCUT2D eigenvalue weighted by Gasteiger charge is -2.23. The number of fused-ring (bicyclic) bond motifs is 1. The minimum Gasteiger partial charge on any atom is -0.382 e. The van der Waals surface area contributed by atoms with E-state index >= 15 is 0 Å². The van der Waals surface area contributed by atoms with Gasteiger partial charge in [-0.05, 0) is 31.9 Å². The first-order valence-corrected chi connectivity index (χ1v) is 7.09.